The van der Waals surface area contributed by atoms with Crippen LogP contribution in [-0.2, 0) is 0 Å². The van der Waals surface area contributed by atoms with E-state index in [0.717, 1.165) is 16.9 Å². The maximum Gasteiger partial charge on any atom is 0.226 e. The standard InChI is InChI=1S/C12H16ClN5/c1-12(2,3)17-9-8-6-14-18(7-4-5-7)10(8)16-11(13)15-9/h6-7H,4-5H2,1-3H3,(H,15,16,17). The van der Waals surface area contributed by atoms with Crippen LogP contribution in [0.1, 0.15) is 39.7 Å². The third kappa shape index (κ3) is 2.14. The second-order valence-corrected chi connectivity index (χ2v) is 6.11. The number of nitrogens with zero attached hydrogens (tertiary/aromatic N) is 4. The summed E-state index contributed by atoms with van der Waals surface area (Å²) in [6, 6.07) is 0.482. The average Bonchev–Trinajstić information content (AvgIpc) is 2.97. The molecule has 0 aromatic carbocycles. The van der Waals surface area contributed by atoms with E-state index in [-0.39, 0.29) is 10.8 Å². The van der Waals surface area contributed by atoms with Crippen LogP contribution in [0.15, 0.2) is 6.20 Å². The fourth-order valence-corrected chi connectivity index (χ4v) is 2.10. The summed E-state index contributed by atoms with van der Waals surface area (Å²) in [5.41, 5.74) is 0.746. The molecule has 0 saturated heterocycles. The van der Waals surface area contributed by atoms with Gasteiger partial charge in [0.25, 0.3) is 0 Å². The Morgan fingerprint density at radius 3 is 2.67 bits per heavy atom. The van der Waals surface area contributed by atoms with Crippen LogP contribution in [0.2, 0.25) is 5.28 Å². The van der Waals surface area contributed by atoms with Crippen molar-refractivity contribution in [2.75, 3.05) is 5.32 Å². The molecule has 6 heteroatoms. The lowest BCUT2D eigenvalue weighted by Crippen LogP contribution is -2.26. The van der Waals surface area contributed by atoms with Crippen molar-refractivity contribution < 1.29 is 0 Å². The van der Waals surface area contributed by atoms with Gasteiger partial charge < -0.3 is 5.32 Å². The highest BCUT2D eigenvalue weighted by Crippen LogP contribution is 2.37. The van der Waals surface area contributed by atoms with Gasteiger partial charge in [-0.05, 0) is 45.2 Å². The lowest BCUT2D eigenvalue weighted by molar-refractivity contribution is 0.631. The number of halogens is 1. The van der Waals surface area contributed by atoms with E-state index < -0.39 is 0 Å². The molecule has 0 aliphatic heterocycles. The van der Waals surface area contributed by atoms with Crippen LogP contribution in [0.25, 0.3) is 11.0 Å². The summed E-state index contributed by atoms with van der Waals surface area (Å²) in [5, 5.41) is 8.95. The highest BCUT2D eigenvalue weighted by atomic mass is 35.5. The van der Waals surface area contributed by atoms with Gasteiger partial charge in [-0.3, -0.25) is 0 Å². The summed E-state index contributed by atoms with van der Waals surface area (Å²) in [7, 11) is 0. The van der Waals surface area contributed by atoms with Gasteiger partial charge in [0.2, 0.25) is 5.28 Å². The Morgan fingerprint density at radius 2 is 2.06 bits per heavy atom. The monoisotopic (exact) mass is 265 g/mol. The summed E-state index contributed by atoms with van der Waals surface area (Å²) in [4.78, 5) is 8.57. The normalized spacial score (nSPS) is 16.2. The van der Waals surface area contributed by atoms with Gasteiger partial charge >= 0.3 is 0 Å². The molecule has 0 radical (unpaired) electrons. The summed E-state index contributed by atoms with van der Waals surface area (Å²) in [5.74, 6) is 0.754. The topological polar surface area (TPSA) is 55.6 Å². The fourth-order valence-electron chi connectivity index (χ4n) is 1.94. The van der Waals surface area contributed by atoms with Crippen molar-refractivity contribution in [2.24, 2.45) is 0 Å². The van der Waals surface area contributed by atoms with E-state index >= 15 is 0 Å². The van der Waals surface area contributed by atoms with Gasteiger partial charge in [0.05, 0.1) is 17.6 Å². The average molecular weight is 266 g/mol. The second-order valence-electron chi connectivity index (χ2n) is 5.77. The number of fused-ring (bicyclic) bond motifs is 1. The minimum Gasteiger partial charge on any atom is -0.365 e. The minimum atomic E-state index is -0.0771. The quantitative estimate of drug-likeness (QED) is 0.848. The summed E-state index contributed by atoms with van der Waals surface area (Å²) < 4.78 is 1.96. The van der Waals surface area contributed by atoms with Crippen molar-refractivity contribution in [3.8, 4) is 0 Å². The molecular formula is C12H16ClN5. The highest BCUT2D eigenvalue weighted by molar-refractivity contribution is 6.28. The molecule has 1 N–H and O–H groups in total. The molecule has 2 aromatic rings. The Balaban J connectivity index is 2.13. The highest BCUT2D eigenvalue weighted by Gasteiger charge is 2.27. The number of rotatable bonds is 2. The molecule has 96 valence electrons. The first-order chi connectivity index (χ1) is 8.44. The van der Waals surface area contributed by atoms with Crippen LogP contribution >= 0.6 is 11.6 Å². The molecule has 1 saturated carbocycles. The molecule has 0 spiro atoms. The zero-order chi connectivity index (χ0) is 12.9. The summed E-state index contributed by atoms with van der Waals surface area (Å²) in [6.45, 7) is 6.25. The van der Waals surface area contributed by atoms with E-state index in [0.29, 0.717) is 6.04 Å². The van der Waals surface area contributed by atoms with Gasteiger partial charge in [-0.1, -0.05) is 0 Å². The second kappa shape index (κ2) is 3.82. The number of anilines is 1. The van der Waals surface area contributed by atoms with Crippen molar-refractivity contribution in [3.63, 3.8) is 0 Å². The fraction of sp³-hybridized carbons (Fsp3) is 0.583. The lowest BCUT2D eigenvalue weighted by Gasteiger charge is -2.21. The molecule has 18 heavy (non-hydrogen) atoms. The molecule has 0 amide bonds. The Hall–Kier alpha value is -1.36. The van der Waals surface area contributed by atoms with E-state index in [1.807, 2.05) is 10.9 Å². The number of hydrogen-bond donors (Lipinski definition) is 1. The van der Waals surface area contributed by atoms with E-state index in [4.69, 9.17) is 11.6 Å². The van der Waals surface area contributed by atoms with Crippen molar-refractivity contribution in [3.05, 3.63) is 11.5 Å². The Morgan fingerprint density at radius 1 is 1.33 bits per heavy atom. The third-order valence-corrected chi connectivity index (χ3v) is 2.98. The van der Waals surface area contributed by atoms with Crippen molar-refractivity contribution in [1.29, 1.82) is 0 Å². The van der Waals surface area contributed by atoms with Crippen LogP contribution in [0, 0.1) is 0 Å². The van der Waals surface area contributed by atoms with E-state index in [1.54, 1.807) is 0 Å². The van der Waals surface area contributed by atoms with Gasteiger partial charge in [-0.2, -0.15) is 15.1 Å². The number of nitrogens with one attached hydrogen (secondary N) is 1. The molecule has 2 heterocycles. The molecule has 0 unspecified atom stereocenters. The predicted molar refractivity (Wildman–Crippen MR) is 72.0 cm³/mol. The first-order valence-corrected chi connectivity index (χ1v) is 6.51. The van der Waals surface area contributed by atoms with Gasteiger partial charge in [0.1, 0.15) is 5.82 Å². The predicted octanol–water partition coefficient (Wildman–Crippen LogP) is 3.03. The summed E-state index contributed by atoms with van der Waals surface area (Å²) in [6.07, 6.45) is 4.15. The largest absolute Gasteiger partial charge is 0.365 e. The maximum absolute atomic E-state index is 6.00. The van der Waals surface area contributed by atoms with Crippen molar-refractivity contribution in [2.45, 2.75) is 45.2 Å². The molecular weight excluding hydrogens is 250 g/mol. The van der Waals surface area contributed by atoms with E-state index in [9.17, 15) is 0 Å². The first kappa shape index (κ1) is 11.7. The Labute approximate surface area is 111 Å². The Bertz CT molecular complexity index is 594. The number of aromatic nitrogens is 4. The molecule has 2 aromatic heterocycles. The number of hydrogen-bond acceptors (Lipinski definition) is 4. The van der Waals surface area contributed by atoms with E-state index in [1.165, 1.54) is 12.8 Å². The molecule has 3 rings (SSSR count). The van der Waals surface area contributed by atoms with Crippen LogP contribution in [-0.4, -0.2) is 25.3 Å². The van der Waals surface area contributed by atoms with Gasteiger partial charge in [-0.25, -0.2) is 4.68 Å². The van der Waals surface area contributed by atoms with Crippen molar-refractivity contribution in [1.82, 2.24) is 19.7 Å². The van der Waals surface area contributed by atoms with Crippen LogP contribution in [0.5, 0.6) is 0 Å². The third-order valence-electron chi connectivity index (χ3n) is 2.81. The molecule has 1 aliphatic rings. The van der Waals surface area contributed by atoms with Gasteiger partial charge in [0.15, 0.2) is 5.65 Å². The smallest absolute Gasteiger partial charge is 0.226 e. The van der Waals surface area contributed by atoms with Gasteiger partial charge in [0, 0.05) is 5.54 Å². The van der Waals surface area contributed by atoms with Crippen LogP contribution < -0.4 is 5.32 Å². The van der Waals surface area contributed by atoms with Crippen molar-refractivity contribution >= 4 is 28.5 Å². The minimum absolute atomic E-state index is 0.0771. The first-order valence-electron chi connectivity index (χ1n) is 6.13. The maximum atomic E-state index is 6.00. The molecule has 5 nitrogen and oxygen atoms in total. The van der Waals surface area contributed by atoms with Crippen LogP contribution in [0.3, 0.4) is 0 Å². The SMILES string of the molecule is CC(C)(C)Nc1nc(Cl)nc2c1cnn2C1CC1. The lowest BCUT2D eigenvalue weighted by atomic mass is 10.1. The molecule has 0 bridgehead atoms. The zero-order valence-electron chi connectivity index (χ0n) is 10.7. The zero-order valence-corrected chi connectivity index (χ0v) is 11.5. The Kier molecular flexibility index (Phi) is 2.48. The summed E-state index contributed by atoms with van der Waals surface area (Å²) >= 11 is 6.00. The molecule has 1 aliphatic carbocycles. The molecule has 1 fully saturated rings. The molecule has 0 atom stereocenters. The van der Waals surface area contributed by atoms with E-state index in [2.05, 4.69) is 41.2 Å². The van der Waals surface area contributed by atoms with Gasteiger partial charge in [-0.15, -0.1) is 0 Å². The van der Waals surface area contributed by atoms with Crippen LogP contribution in [0.4, 0.5) is 5.82 Å².